The maximum absolute atomic E-state index is 12.5. The predicted octanol–water partition coefficient (Wildman–Crippen LogP) is 1.81. The fraction of sp³-hybridized carbons (Fsp3) is 0.700. The SMILES string of the molecule is CCCOc1cnn(CC(CN)C(F)(F)F)c1. The zero-order valence-electron chi connectivity index (χ0n) is 9.57. The third kappa shape index (κ3) is 4.26. The van der Waals surface area contributed by atoms with E-state index in [1.54, 1.807) is 0 Å². The molecular weight excluding hydrogens is 235 g/mol. The van der Waals surface area contributed by atoms with E-state index in [1.165, 1.54) is 17.1 Å². The van der Waals surface area contributed by atoms with E-state index in [0.717, 1.165) is 6.42 Å². The summed E-state index contributed by atoms with van der Waals surface area (Å²) >= 11 is 0. The van der Waals surface area contributed by atoms with Crippen LogP contribution in [0.25, 0.3) is 0 Å². The Morgan fingerprint density at radius 3 is 2.76 bits per heavy atom. The molecule has 0 saturated carbocycles. The maximum atomic E-state index is 12.5. The van der Waals surface area contributed by atoms with E-state index in [1.807, 2.05) is 6.92 Å². The fourth-order valence-corrected chi connectivity index (χ4v) is 1.28. The summed E-state index contributed by atoms with van der Waals surface area (Å²) in [4.78, 5) is 0. The minimum atomic E-state index is -4.30. The first kappa shape index (κ1) is 13.8. The Morgan fingerprint density at radius 1 is 1.53 bits per heavy atom. The van der Waals surface area contributed by atoms with E-state index in [-0.39, 0.29) is 6.54 Å². The molecule has 2 N–H and O–H groups in total. The van der Waals surface area contributed by atoms with Gasteiger partial charge in [-0.1, -0.05) is 6.92 Å². The number of ether oxygens (including phenoxy) is 1. The first-order valence-corrected chi connectivity index (χ1v) is 5.39. The maximum Gasteiger partial charge on any atom is 0.394 e. The molecule has 0 spiro atoms. The zero-order valence-corrected chi connectivity index (χ0v) is 9.57. The summed E-state index contributed by atoms with van der Waals surface area (Å²) in [6, 6.07) is 0. The number of alkyl halides is 3. The van der Waals surface area contributed by atoms with Crippen molar-refractivity contribution in [3.05, 3.63) is 12.4 Å². The molecule has 0 saturated heterocycles. The Bertz CT molecular complexity index is 338. The predicted molar refractivity (Wildman–Crippen MR) is 56.6 cm³/mol. The first-order valence-electron chi connectivity index (χ1n) is 5.39. The third-order valence-electron chi connectivity index (χ3n) is 2.24. The lowest BCUT2D eigenvalue weighted by molar-refractivity contribution is -0.175. The van der Waals surface area contributed by atoms with E-state index < -0.39 is 18.6 Å². The van der Waals surface area contributed by atoms with E-state index >= 15 is 0 Å². The number of rotatable bonds is 6. The van der Waals surface area contributed by atoms with Gasteiger partial charge in [0.25, 0.3) is 0 Å². The smallest absolute Gasteiger partial charge is 0.394 e. The fourth-order valence-electron chi connectivity index (χ4n) is 1.28. The molecule has 0 amide bonds. The molecule has 0 fully saturated rings. The van der Waals surface area contributed by atoms with Gasteiger partial charge in [-0.25, -0.2) is 0 Å². The van der Waals surface area contributed by atoms with Crippen LogP contribution in [-0.4, -0.2) is 29.1 Å². The highest BCUT2D eigenvalue weighted by atomic mass is 19.4. The molecule has 0 aromatic carbocycles. The Hall–Kier alpha value is -1.24. The Morgan fingerprint density at radius 2 is 2.24 bits per heavy atom. The number of nitrogens with zero attached hydrogens (tertiary/aromatic N) is 2. The normalized spacial score (nSPS) is 13.7. The van der Waals surface area contributed by atoms with Crippen LogP contribution in [0.15, 0.2) is 12.4 Å². The molecule has 1 unspecified atom stereocenters. The molecule has 0 aliphatic rings. The summed E-state index contributed by atoms with van der Waals surface area (Å²) in [5.41, 5.74) is 5.10. The van der Waals surface area contributed by atoms with Gasteiger partial charge in [-0.3, -0.25) is 4.68 Å². The standard InChI is InChI=1S/C10H16F3N3O/c1-2-3-17-9-5-15-16(7-9)6-8(4-14)10(11,12)13/h5,7-8H,2-4,6,14H2,1H3. The molecule has 1 aromatic heterocycles. The summed E-state index contributed by atoms with van der Waals surface area (Å²) in [5, 5.41) is 3.81. The van der Waals surface area contributed by atoms with Crippen molar-refractivity contribution in [1.29, 1.82) is 0 Å². The number of halogens is 3. The molecule has 1 heterocycles. The van der Waals surface area contributed by atoms with Gasteiger partial charge in [-0.2, -0.15) is 18.3 Å². The Labute approximate surface area is 97.5 Å². The van der Waals surface area contributed by atoms with Crippen molar-refractivity contribution in [1.82, 2.24) is 9.78 Å². The van der Waals surface area contributed by atoms with E-state index in [4.69, 9.17) is 10.5 Å². The van der Waals surface area contributed by atoms with Crippen LogP contribution in [0.4, 0.5) is 13.2 Å². The van der Waals surface area contributed by atoms with Crippen LogP contribution in [0.1, 0.15) is 13.3 Å². The van der Waals surface area contributed by atoms with Crippen LogP contribution in [0, 0.1) is 5.92 Å². The number of hydrogen-bond donors (Lipinski definition) is 1. The van der Waals surface area contributed by atoms with Gasteiger partial charge in [0, 0.05) is 6.54 Å². The lowest BCUT2D eigenvalue weighted by Gasteiger charge is -2.17. The lowest BCUT2D eigenvalue weighted by atomic mass is 10.1. The Balaban J connectivity index is 2.58. The van der Waals surface area contributed by atoms with E-state index in [2.05, 4.69) is 5.10 Å². The average Bonchev–Trinajstić information content (AvgIpc) is 2.69. The van der Waals surface area contributed by atoms with Gasteiger partial charge >= 0.3 is 6.18 Å². The van der Waals surface area contributed by atoms with Crippen LogP contribution in [0.2, 0.25) is 0 Å². The van der Waals surface area contributed by atoms with E-state index in [9.17, 15) is 13.2 Å². The summed E-state index contributed by atoms with van der Waals surface area (Å²) < 4.78 is 43.8. The largest absolute Gasteiger partial charge is 0.490 e. The first-order chi connectivity index (χ1) is 7.97. The number of aromatic nitrogens is 2. The molecule has 0 aliphatic heterocycles. The van der Waals surface area contributed by atoms with E-state index in [0.29, 0.717) is 12.4 Å². The molecule has 0 aliphatic carbocycles. The molecule has 1 aromatic rings. The van der Waals surface area contributed by atoms with Gasteiger partial charge in [-0.05, 0) is 6.42 Å². The highest BCUT2D eigenvalue weighted by Gasteiger charge is 2.38. The van der Waals surface area contributed by atoms with Crippen molar-refractivity contribution in [3.8, 4) is 5.75 Å². The van der Waals surface area contributed by atoms with Crippen LogP contribution in [-0.2, 0) is 6.54 Å². The molecule has 0 radical (unpaired) electrons. The molecule has 1 atom stereocenters. The Kier molecular flexibility index (Phi) is 4.80. The van der Waals surface area contributed by atoms with Gasteiger partial charge in [0.2, 0.25) is 0 Å². The molecule has 7 heteroatoms. The summed E-state index contributed by atoms with van der Waals surface area (Å²) in [7, 11) is 0. The third-order valence-corrected chi connectivity index (χ3v) is 2.24. The van der Waals surface area contributed by atoms with Crippen molar-refractivity contribution in [2.75, 3.05) is 13.2 Å². The van der Waals surface area contributed by atoms with Crippen molar-refractivity contribution in [2.24, 2.45) is 11.7 Å². The van der Waals surface area contributed by atoms with Gasteiger partial charge in [-0.15, -0.1) is 0 Å². The minimum Gasteiger partial charge on any atom is -0.490 e. The number of nitrogens with two attached hydrogens (primary N) is 1. The molecule has 17 heavy (non-hydrogen) atoms. The molecule has 98 valence electrons. The van der Waals surface area contributed by atoms with Crippen molar-refractivity contribution >= 4 is 0 Å². The second-order valence-corrected chi connectivity index (χ2v) is 3.72. The average molecular weight is 251 g/mol. The molecule has 1 rings (SSSR count). The van der Waals surface area contributed by atoms with Gasteiger partial charge in [0.05, 0.1) is 31.5 Å². The topological polar surface area (TPSA) is 53.1 Å². The summed E-state index contributed by atoms with van der Waals surface area (Å²) in [6.07, 6.45) is -0.617. The molecular formula is C10H16F3N3O. The summed E-state index contributed by atoms with van der Waals surface area (Å²) in [6.45, 7) is 1.73. The monoisotopic (exact) mass is 251 g/mol. The van der Waals surface area contributed by atoms with Crippen LogP contribution in [0.3, 0.4) is 0 Å². The minimum absolute atomic E-state index is 0.282. The summed E-state index contributed by atoms with van der Waals surface area (Å²) in [5.74, 6) is -1.11. The van der Waals surface area contributed by atoms with Gasteiger partial charge in [0.1, 0.15) is 0 Å². The van der Waals surface area contributed by atoms with Crippen molar-refractivity contribution < 1.29 is 17.9 Å². The van der Waals surface area contributed by atoms with Crippen LogP contribution < -0.4 is 10.5 Å². The number of hydrogen-bond acceptors (Lipinski definition) is 3. The molecule has 4 nitrogen and oxygen atoms in total. The lowest BCUT2D eigenvalue weighted by Crippen LogP contribution is -2.33. The van der Waals surface area contributed by atoms with Gasteiger partial charge < -0.3 is 10.5 Å². The quantitative estimate of drug-likeness (QED) is 0.838. The highest BCUT2D eigenvalue weighted by molar-refractivity contribution is 5.11. The van der Waals surface area contributed by atoms with Gasteiger partial charge in [0.15, 0.2) is 5.75 Å². The second-order valence-electron chi connectivity index (χ2n) is 3.72. The molecule has 0 bridgehead atoms. The van der Waals surface area contributed by atoms with Crippen molar-refractivity contribution in [3.63, 3.8) is 0 Å². The van der Waals surface area contributed by atoms with Crippen molar-refractivity contribution in [2.45, 2.75) is 26.1 Å². The second kappa shape index (κ2) is 5.90. The highest BCUT2D eigenvalue weighted by Crippen LogP contribution is 2.26. The zero-order chi connectivity index (χ0) is 12.9. The van der Waals surface area contributed by atoms with Crippen LogP contribution in [0.5, 0.6) is 5.75 Å². The van der Waals surface area contributed by atoms with Crippen LogP contribution >= 0.6 is 0 Å².